The summed E-state index contributed by atoms with van der Waals surface area (Å²) in [6, 6.07) is 2.82. The van der Waals surface area contributed by atoms with Crippen LogP contribution in [-0.2, 0) is 13.1 Å². The van der Waals surface area contributed by atoms with Gasteiger partial charge in [-0.15, -0.1) is 0 Å². The van der Waals surface area contributed by atoms with Gasteiger partial charge in [-0.2, -0.15) is 0 Å². The van der Waals surface area contributed by atoms with Gasteiger partial charge in [0.2, 0.25) is 5.43 Å². The number of hydrogen-bond acceptors (Lipinski definition) is 4. The largest absolute Gasteiger partial charge is 0.503 e. The van der Waals surface area contributed by atoms with Crippen molar-refractivity contribution in [3.8, 4) is 5.75 Å². The Morgan fingerprint density at radius 2 is 1.84 bits per heavy atom. The molecular formula is C22H20Cl2FN3O4. The summed E-state index contributed by atoms with van der Waals surface area (Å²) in [5.74, 6) is -2.32. The number of aromatic nitrogens is 1. The summed E-state index contributed by atoms with van der Waals surface area (Å²) >= 11 is 11.8. The Bertz CT molecular complexity index is 1210. The number of fused-ring (bicyclic) bond motifs is 3. The van der Waals surface area contributed by atoms with Crippen molar-refractivity contribution in [1.82, 2.24) is 14.8 Å². The second kappa shape index (κ2) is 7.78. The van der Waals surface area contributed by atoms with Crippen molar-refractivity contribution < 1.29 is 19.1 Å². The van der Waals surface area contributed by atoms with Gasteiger partial charge >= 0.3 is 0 Å². The molecule has 2 amide bonds. The van der Waals surface area contributed by atoms with Crippen molar-refractivity contribution in [3.05, 3.63) is 61.2 Å². The fourth-order valence-electron chi connectivity index (χ4n) is 5.31. The van der Waals surface area contributed by atoms with Crippen molar-refractivity contribution in [3.63, 3.8) is 0 Å². The van der Waals surface area contributed by atoms with E-state index >= 15 is 0 Å². The smallest absolute Gasteiger partial charge is 0.275 e. The summed E-state index contributed by atoms with van der Waals surface area (Å²) in [6.45, 7) is 0.107. The van der Waals surface area contributed by atoms with E-state index in [1.165, 1.54) is 22.9 Å². The molecule has 1 saturated carbocycles. The molecule has 3 aliphatic heterocycles. The molecule has 1 aliphatic carbocycles. The van der Waals surface area contributed by atoms with E-state index in [1.807, 2.05) is 4.90 Å². The molecule has 2 N–H and O–H groups in total. The lowest BCUT2D eigenvalue weighted by Crippen LogP contribution is -2.61. The number of benzene rings is 1. The van der Waals surface area contributed by atoms with Gasteiger partial charge in [0, 0.05) is 35.9 Å². The maximum absolute atomic E-state index is 14.2. The summed E-state index contributed by atoms with van der Waals surface area (Å²) < 4.78 is 15.7. The lowest BCUT2D eigenvalue weighted by Gasteiger charge is -2.53. The number of carbonyl (C=O) groups excluding carboxylic acids is 2. The van der Waals surface area contributed by atoms with E-state index in [4.69, 9.17) is 23.2 Å². The number of carbonyl (C=O) groups is 2. The van der Waals surface area contributed by atoms with E-state index in [0.717, 1.165) is 25.7 Å². The van der Waals surface area contributed by atoms with Crippen LogP contribution in [0.15, 0.2) is 23.1 Å². The number of aromatic hydroxyl groups is 1. The van der Waals surface area contributed by atoms with Crippen LogP contribution < -0.4 is 10.7 Å². The molecule has 2 aromatic rings. The van der Waals surface area contributed by atoms with Crippen molar-refractivity contribution in [2.75, 3.05) is 0 Å². The highest BCUT2D eigenvalue weighted by molar-refractivity contribution is 6.33. The van der Waals surface area contributed by atoms with Gasteiger partial charge in [-0.1, -0.05) is 23.2 Å². The van der Waals surface area contributed by atoms with Gasteiger partial charge in [0.25, 0.3) is 11.8 Å². The Kier molecular flexibility index (Phi) is 5.17. The highest BCUT2D eigenvalue weighted by Gasteiger charge is 2.48. The topological polar surface area (TPSA) is 91.6 Å². The molecule has 4 aliphatic rings. The molecule has 1 aromatic heterocycles. The van der Waals surface area contributed by atoms with E-state index in [9.17, 15) is 23.9 Å². The van der Waals surface area contributed by atoms with Gasteiger partial charge < -0.3 is 19.9 Å². The van der Waals surface area contributed by atoms with Crippen LogP contribution in [0.3, 0.4) is 0 Å². The molecule has 6 rings (SSSR count). The van der Waals surface area contributed by atoms with Crippen LogP contribution in [0.25, 0.3) is 0 Å². The molecule has 32 heavy (non-hydrogen) atoms. The van der Waals surface area contributed by atoms with Crippen LogP contribution in [0, 0.1) is 11.7 Å². The third-order valence-electron chi connectivity index (χ3n) is 6.92. The number of hydrogen-bond donors (Lipinski definition) is 2. The molecule has 2 saturated heterocycles. The fourth-order valence-corrected chi connectivity index (χ4v) is 5.70. The summed E-state index contributed by atoms with van der Waals surface area (Å²) in [5.41, 5.74) is -1.37. The van der Waals surface area contributed by atoms with Crippen molar-refractivity contribution in [2.24, 2.45) is 5.92 Å². The first kappa shape index (κ1) is 21.3. The van der Waals surface area contributed by atoms with Crippen molar-refractivity contribution in [1.29, 1.82) is 0 Å². The molecule has 0 radical (unpaired) electrons. The Morgan fingerprint density at radius 3 is 2.56 bits per heavy atom. The van der Waals surface area contributed by atoms with E-state index < -0.39 is 22.9 Å². The molecular weight excluding hydrogens is 460 g/mol. The van der Waals surface area contributed by atoms with Crippen LogP contribution >= 0.6 is 23.2 Å². The van der Waals surface area contributed by atoms with E-state index in [0.29, 0.717) is 12.5 Å². The van der Waals surface area contributed by atoms with Gasteiger partial charge in [-0.3, -0.25) is 14.4 Å². The molecule has 2 bridgehead atoms. The van der Waals surface area contributed by atoms with Gasteiger partial charge in [0.15, 0.2) is 11.4 Å². The normalized spacial score (nSPS) is 23.7. The number of rotatable bonds is 3. The fraction of sp³-hybridized carbons (Fsp3) is 0.409. The third kappa shape index (κ3) is 3.19. The first-order valence-electron chi connectivity index (χ1n) is 10.5. The van der Waals surface area contributed by atoms with Crippen molar-refractivity contribution in [2.45, 2.75) is 50.9 Å². The van der Waals surface area contributed by atoms with Gasteiger partial charge in [0.05, 0.1) is 11.1 Å². The Labute approximate surface area is 192 Å². The maximum Gasteiger partial charge on any atom is 0.275 e. The Hall–Kier alpha value is -2.58. The molecule has 0 spiro atoms. The minimum absolute atomic E-state index is 0.0142. The zero-order valence-corrected chi connectivity index (χ0v) is 18.4. The zero-order valence-electron chi connectivity index (χ0n) is 16.9. The van der Waals surface area contributed by atoms with Crippen LogP contribution in [0.2, 0.25) is 10.0 Å². The van der Waals surface area contributed by atoms with Gasteiger partial charge in [-0.05, 0) is 43.7 Å². The lowest BCUT2D eigenvalue weighted by molar-refractivity contribution is -0.0181. The van der Waals surface area contributed by atoms with E-state index in [2.05, 4.69) is 5.32 Å². The highest BCUT2D eigenvalue weighted by atomic mass is 35.5. The van der Waals surface area contributed by atoms with Crippen LogP contribution in [0.5, 0.6) is 5.75 Å². The number of nitrogens with zero attached hydrogens (tertiary/aromatic N) is 2. The second-order valence-electron chi connectivity index (χ2n) is 8.57. The number of pyridine rings is 1. The Morgan fingerprint density at radius 1 is 1.16 bits per heavy atom. The molecule has 3 fully saturated rings. The number of halogens is 3. The number of nitrogens with one attached hydrogen (secondary N) is 1. The highest BCUT2D eigenvalue weighted by Crippen LogP contribution is 2.43. The number of amides is 2. The third-order valence-corrected chi connectivity index (χ3v) is 7.57. The average molecular weight is 480 g/mol. The zero-order chi connectivity index (χ0) is 22.7. The minimum Gasteiger partial charge on any atom is -0.503 e. The Balaban J connectivity index is 1.46. The molecule has 1 atom stereocenters. The van der Waals surface area contributed by atoms with E-state index in [1.54, 1.807) is 0 Å². The summed E-state index contributed by atoms with van der Waals surface area (Å²) in [6.07, 6.45) is 5.25. The molecule has 168 valence electrons. The molecule has 1 aromatic carbocycles. The summed E-state index contributed by atoms with van der Waals surface area (Å²) in [5, 5.41) is 12.9. The van der Waals surface area contributed by atoms with Gasteiger partial charge in [-0.25, -0.2) is 4.39 Å². The average Bonchev–Trinajstić information content (AvgIpc) is 2.79. The first-order valence-corrected chi connectivity index (χ1v) is 11.2. The SMILES string of the molecule is O=C(NCc1c(Cl)ccc(Cl)c1F)c1cn2c(c(O)c1=O)C(=O)N1C3CCC(CC3)[C@@H]1C2. The quantitative estimate of drug-likeness (QED) is 0.660. The van der Waals surface area contributed by atoms with Crippen LogP contribution in [-0.4, -0.2) is 38.5 Å². The standard InChI is InChI=1S/C22H20Cl2FN3O4/c23-14-5-6-15(24)17(25)12(14)7-26-21(31)13-8-27-9-16-10-1-3-11(4-2-10)28(16)22(32)18(27)20(30)19(13)29/h5-6,8,10-11,16,30H,1-4,7,9H2,(H,26,31)/t10?,11?,16-/m0/s1. The summed E-state index contributed by atoms with van der Waals surface area (Å²) in [7, 11) is 0. The maximum atomic E-state index is 14.2. The molecule has 0 unspecified atom stereocenters. The lowest BCUT2D eigenvalue weighted by atomic mass is 9.73. The van der Waals surface area contributed by atoms with E-state index in [-0.39, 0.29) is 51.4 Å². The molecule has 4 heterocycles. The van der Waals surface area contributed by atoms with Gasteiger partial charge in [0.1, 0.15) is 11.4 Å². The predicted molar refractivity (Wildman–Crippen MR) is 116 cm³/mol. The number of piperidine rings is 2. The summed E-state index contributed by atoms with van der Waals surface area (Å²) in [4.78, 5) is 40.4. The van der Waals surface area contributed by atoms with Crippen LogP contribution in [0.1, 0.15) is 52.1 Å². The molecule has 7 nitrogen and oxygen atoms in total. The molecule has 10 heteroatoms. The second-order valence-corrected chi connectivity index (χ2v) is 9.39. The van der Waals surface area contributed by atoms with Crippen LogP contribution in [0.4, 0.5) is 4.39 Å². The van der Waals surface area contributed by atoms with Crippen molar-refractivity contribution >= 4 is 35.0 Å². The predicted octanol–water partition coefficient (Wildman–Crippen LogP) is 3.33. The first-order chi connectivity index (χ1) is 15.3. The monoisotopic (exact) mass is 479 g/mol. The minimum atomic E-state index is -0.944.